The minimum absolute atomic E-state index is 0.0753. The van der Waals surface area contributed by atoms with Gasteiger partial charge in [-0.2, -0.15) is 0 Å². The lowest BCUT2D eigenvalue weighted by atomic mass is 9.53. The van der Waals surface area contributed by atoms with Gasteiger partial charge in [0.1, 0.15) is 5.75 Å². The van der Waals surface area contributed by atoms with Crippen LogP contribution in [0.5, 0.6) is 5.75 Å². The Labute approximate surface area is 149 Å². The van der Waals surface area contributed by atoms with Crippen LogP contribution in [0.15, 0.2) is 18.2 Å². The summed E-state index contributed by atoms with van der Waals surface area (Å²) in [5.74, 6) is 1.78. The molecular weight excluding hydrogens is 316 g/mol. The van der Waals surface area contributed by atoms with Crippen molar-refractivity contribution in [1.82, 2.24) is 0 Å². The van der Waals surface area contributed by atoms with E-state index < -0.39 is 5.79 Å². The van der Waals surface area contributed by atoms with Crippen LogP contribution >= 0.6 is 0 Å². The van der Waals surface area contributed by atoms with Gasteiger partial charge in [0.05, 0.1) is 26.4 Å². The zero-order valence-electron chi connectivity index (χ0n) is 15.2. The summed E-state index contributed by atoms with van der Waals surface area (Å²) in [6.45, 7) is 3.68. The Bertz CT molecular complexity index is 680. The summed E-state index contributed by atoms with van der Waals surface area (Å²) in [6, 6.07) is 6.39. The molecule has 3 fully saturated rings. The molecule has 1 heterocycles. The van der Waals surface area contributed by atoms with Crippen molar-refractivity contribution >= 4 is 0 Å². The van der Waals surface area contributed by atoms with Crippen molar-refractivity contribution in [3.8, 4) is 5.75 Å². The second-order valence-electron chi connectivity index (χ2n) is 8.58. The molecule has 5 rings (SSSR count). The molecule has 0 radical (unpaired) electrons. The van der Waals surface area contributed by atoms with Crippen molar-refractivity contribution in [2.75, 3.05) is 20.3 Å². The molecule has 0 aromatic heterocycles. The molecule has 0 unspecified atom stereocenters. The van der Waals surface area contributed by atoms with Gasteiger partial charge in [0.25, 0.3) is 0 Å². The number of aliphatic hydroxyl groups is 1. The highest BCUT2D eigenvalue weighted by Crippen LogP contribution is 2.66. The number of ether oxygens (including phenoxy) is 3. The van der Waals surface area contributed by atoms with Gasteiger partial charge in [-0.15, -0.1) is 0 Å². The molecule has 0 bridgehead atoms. The second-order valence-corrected chi connectivity index (χ2v) is 8.58. The smallest absolute Gasteiger partial charge is 0.174 e. The Morgan fingerprint density at radius 2 is 2.00 bits per heavy atom. The van der Waals surface area contributed by atoms with E-state index in [0.717, 1.165) is 37.9 Å². The molecule has 1 aliphatic heterocycles. The Morgan fingerprint density at radius 1 is 1.20 bits per heavy atom. The van der Waals surface area contributed by atoms with E-state index in [4.69, 9.17) is 14.2 Å². The van der Waals surface area contributed by atoms with E-state index in [1.165, 1.54) is 11.1 Å². The normalized spacial score (nSPS) is 41.2. The van der Waals surface area contributed by atoms with E-state index in [1.54, 1.807) is 7.11 Å². The summed E-state index contributed by atoms with van der Waals surface area (Å²) in [6.07, 6.45) is 4.76. The van der Waals surface area contributed by atoms with Crippen molar-refractivity contribution in [3.05, 3.63) is 29.3 Å². The topological polar surface area (TPSA) is 47.9 Å². The molecule has 1 saturated heterocycles. The average Bonchev–Trinajstić information content (AvgIpc) is 3.20. The van der Waals surface area contributed by atoms with Gasteiger partial charge in [-0.05, 0) is 60.8 Å². The molecule has 2 saturated carbocycles. The molecule has 4 aliphatic rings. The van der Waals surface area contributed by atoms with E-state index in [-0.39, 0.29) is 17.4 Å². The zero-order chi connectivity index (χ0) is 17.2. The first-order chi connectivity index (χ1) is 12.1. The van der Waals surface area contributed by atoms with Crippen LogP contribution in [0.2, 0.25) is 0 Å². The van der Waals surface area contributed by atoms with Crippen molar-refractivity contribution in [2.45, 2.75) is 56.8 Å². The molecule has 4 nitrogen and oxygen atoms in total. The fourth-order valence-electron chi connectivity index (χ4n) is 6.64. The molecule has 1 aromatic carbocycles. The zero-order valence-corrected chi connectivity index (χ0v) is 15.2. The van der Waals surface area contributed by atoms with Crippen LogP contribution in [0.25, 0.3) is 0 Å². The molecule has 4 heteroatoms. The summed E-state index contributed by atoms with van der Waals surface area (Å²) in [5, 5.41) is 11.2. The first kappa shape index (κ1) is 16.1. The quantitative estimate of drug-likeness (QED) is 0.849. The summed E-state index contributed by atoms with van der Waals surface area (Å²) >= 11 is 0. The largest absolute Gasteiger partial charge is 0.497 e. The maximum absolute atomic E-state index is 11.2. The van der Waals surface area contributed by atoms with Gasteiger partial charge < -0.3 is 19.3 Å². The third-order valence-electron chi connectivity index (χ3n) is 7.71. The lowest BCUT2D eigenvalue weighted by molar-refractivity contribution is -0.246. The Morgan fingerprint density at radius 3 is 2.76 bits per heavy atom. The van der Waals surface area contributed by atoms with Crippen LogP contribution in [0.4, 0.5) is 0 Å². The summed E-state index contributed by atoms with van der Waals surface area (Å²) in [4.78, 5) is 0. The van der Waals surface area contributed by atoms with Gasteiger partial charge in [-0.25, -0.2) is 0 Å². The molecule has 25 heavy (non-hydrogen) atoms. The number of rotatable bonds is 1. The second kappa shape index (κ2) is 5.45. The number of methoxy groups -OCH3 is 1. The molecular formula is C21H28O4. The van der Waals surface area contributed by atoms with E-state index in [2.05, 4.69) is 19.1 Å². The van der Waals surface area contributed by atoms with Crippen molar-refractivity contribution in [1.29, 1.82) is 0 Å². The predicted molar refractivity (Wildman–Crippen MR) is 93.6 cm³/mol. The highest BCUT2D eigenvalue weighted by atomic mass is 16.7. The lowest BCUT2D eigenvalue weighted by Gasteiger charge is -2.54. The van der Waals surface area contributed by atoms with Crippen molar-refractivity contribution < 1.29 is 19.3 Å². The molecule has 1 N–H and O–H groups in total. The number of benzene rings is 1. The number of aliphatic hydroxyl groups excluding tert-OH is 1. The third-order valence-corrected chi connectivity index (χ3v) is 7.71. The number of aryl methyl sites for hydroxylation is 1. The van der Waals surface area contributed by atoms with Crippen LogP contribution in [-0.4, -0.2) is 37.3 Å². The standard InChI is InChI=1S/C21H28O4/c1-20-12-18(22)19-15-6-4-14(23-2)11-13(15)3-5-16(19)17(20)7-8-21(20)24-9-10-25-21/h4,6,11,16-19,22H,3,5,7-10,12H2,1-2H3/t16-,17-,18+,19+,20-/m0/s1. The molecule has 136 valence electrons. The van der Waals surface area contributed by atoms with E-state index >= 15 is 0 Å². The van der Waals surface area contributed by atoms with Crippen molar-refractivity contribution in [2.24, 2.45) is 17.3 Å². The van der Waals surface area contributed by atoms with Crippen LogP contribution < -0.4 is 4.74 Å². The van der Waals surface area contributed by atoms with Gasteiger partial charge in [-0.1, -0.05) is 13.0 Å². The Balaban J connectivity index is 1.53. The van der Waals surface area contributed by atoms with Gasteiger partial charge in [0.15, 0.2) is 5.79 Å². The molecule has 1 spiro atoms. The Kier molecular flexibility index (Phi) is 3.51. The highest BCUT2D eigenvalue weighted by Gasteiger charge is 2.66. The molecule has 0 amide bonds. The summed E-state index contributed by atoms with van der Waals surface area (Å²) in [7, 11) is 1.72. The molecule has 5 atom stereocenters. The number of hydrogen-bond donors (Lipinski definition) is 1. The first-order valence-electron chi connectivity index (χ1n) is 9.71. The minimum atomic E-state index is -0.455. The lowest BCUT2D eigenvalue weighted by Crippen LogP contribution is -2.55. The maximum atomic E-state index is 11.2. The van der Waals surface area contributed by atoms with E-state index in [1.807, 2.05) is 6.07 Å². The fraction of sp³-hybridized carbons (Fsp3) is 0.714. The van der Waals surface area contributed by atoms with Gasteiger partial charge >= 0.3 is 0 Å². The van der Waals surface area contributed by atoms with Crippen LogP contribution in [0, 0.1) is 17.3 Å². The van der Waals surface area contributed by atoms with Crippen LogP contribution in [0.3, 0.4) is 0 Å². The molecule has 3 aliphatic carbocycles. The first-order valence-corrected chi connectivity index (χ1v) is 9.71. The van der Waals surface area contributed by atoms with Crippen LogP contribution in [0.1, 0.15) is 49.7 Å². The van der Waals surface area contributed by atoms with Gasteiger partial charge in [0.2, 0.25) is 0 Å². The SMILES string of the molecule is COc1ccc2c(c1)CC[C@@H]1[C@@H]2[C@H](O)C[C@@]2(C)[C@H]1CCC21OCCO1. The third kappa shape index (κ3) is 2.05. The van der Waals surface area contributed by atoms with E-state index in [9.17, 15) is 5.11 Å². The van der Waals surface area contributed by atoms with Crippen molar-refractivity contribution in [3.63, 3.8) is 0 Å². The maximum Gasteiger partial charge on any atom is 0.174 e. The summed E-state index contributed by atoms with van der Waals surface area (Å²) in [5.41, 5.74) is 2.61. The summed E-state index contributed by atoms with van der Waals surface area (Å²) < 4.78 is 17.7. The van der Waals surface area contributed by atoms with Gasteiger partial charge in [0, 0.05) is 17.8 Å². The Hall–Kier alpha value is -1.10. The monoisotopic (exact) mass is 344 g/mol. The van der Waals surface area contributed by atoms with E-state index in [0.29, 0.717) is 25.0 Å². The minimum Gasteiger partial charge on any atom is -0.497 e. The number of hydrogen-bond acceptors (Lipinski definition) is 4. The average molecular weight is 344 g/mol. The number of fused-ring (bicyclic) bond motifs is 6. The fourth-order valence-corrected chi connectivity index (χ4v) is 6.64. The highest BCUT2D eigenvalue weighted by molar-refractivity contribution is 5.41. The predicted octanol–water partition coefficient (Wildman–Crippen LogP) is 3.27. The van der Waals surface area contributed by atoms with Crippen LogP contribution in [-0.2, 0) is 15.9 Å². The van der Waals surface area contributed by atoms with Gasteiger partial charge in [-0.3, -0.25) is 0 Å². The molecule has 1 aromatic rings.